The Morgan fingerprint density at radius 1 is 1.42 bits per heavy atom. The Morgan fingerprint density at radius 2 is 2.26 bits per heavy atom. The van der Waals surface area contributed by atoms with Crippen molar-refractivity contribution in [1.29, 1.82) is 0 Å². The molecule has 0 aliphatic carbocycles. The molecular formula is C12H10N4O2S. The molecular weight excluding hydrogens is 264 g/mol. The zero-order chi connectivity index (χ0) is 13.4. The summed E-state index contributed by atoms with van der Waals surface area (Å²) in [7, 11) is 0. The smallest absolute Gasteiger partial charge is 0.335 e. The molecule has 19 heavy (non-hydrogen) atoms. The first-order valence-corrected chi connectivity index (χ1v) is 6.55. The molecule has 1 aromatic carbocycles. The number of hydrogen-bond acceptors (Lipinski definition) is 5. The number of hydrogen-bond donors (Lipinski definition) is 1. The second kappa shape index (κ2) is 4.43. The van der Waals surface area contributed by atoms with Crippen molar-refractivity contribution in [3.05, 3.63) is 35.7 Å². The van der Waals surface area contributed by atoms with Gasteiger partial charge in [0.15, 0.2) is 5.82 Å². The SMILES string of the molecule is CCc1nnc2sc(-c3cccc(C(=O)O)c3)nn12. The van der Waals surface area contributed by atoms with Gasteiger partial charge in [0.25, 0.3) is 0 Å². The van der Waals surface area contributed by atoms with E-state index in [4.69, 9.17) is 5.11 Å². The maximum atomic E-state index is 11.0. The van der Waals surface area contributed by atoms with E-state index >= 15 is 0 Å². The topological polar surface area (TPSA) is 80.4 Å². The summed E-state index contributed by atoms with van der Waals surface area (Å²) in [5.41, 5.74) is 1.02. The van der Waals surface area contributed by atoms with Crippen molar-refractivity contribution in [2.75, 3.05) is 0 Å². The summed E-state index contributed by atoms with van der Waals surface area (Å²) in [6.45, 7) is 1.99. The molecule has 0 saturated heterocycles. The Hall–Kier alpha value is -2.28. The number of nitrogens with zero attached hydrogens (tertiary/aromatic N) is 4. The summed E-state index contributed by atoms with van der Waals surface area (Å²) in [6, 6.07) is 6.72. The van der Waals surface area contributed by atoms with Crippen LogP contribution in [0.1, 0.15) is 23.1 Å². The monoisotopic (exact) mass is 274 g/mol. The Balaban J connectivity index is 2.11. The van der Waals surface area contributed by atoms with Crippen LogP contribution in [0, 0.1) is 0 Å². The molecule has 0 amide bonds. The predicted molar refractivity (Wildman–Crippen MR) is 70.4 cm³/mol. The van der Waals surface area contributed by atoms with Crippen LogP contribution in [0.3, 0.4) is 0 Å². The third kappa shape index (κ3) is 1.97. The third-order valence-electron chi connectivity index (χ3n) is 2.73. The van der Waals surface area contributed by atoms with Gasteiger partial charge in [0.05, 0.1) is 5.56 Å². The number of carbonyl (C=O) groups is 1. The Morgan fingerprint density at radius 3 is 3.00 bits per heavy atom. The van der Waals surface area contributed by atoms with E-state index in [9.17, 15) is 4.79 Å². The van der Waals surface area contributed by atoms with Crippen LogP contribution in [0.5, 0.6) is 0 Å². The fourth-order valence-electron chi connectivity index (χ4n) is 1.78. The number of fused-ring (bicyclic) bond motifs is 1. The second-order valence-electron chi connectivity index (χ2n) is 3.96. The summed E-state index contributed by atoms with van der Waals surface area (Å²) >= 11 is 1.39. The minimum atomic E-state index is -0.945. The Bertz CT molecular complexity index is 762. The molecule has 2 aromatic heterocycles. The van der Waals surface area contributed by atoms with E-state index in [1.54, 1.807) is 22.7 Å². The molecule has 3 rings (SSSR count). The van der Waals surface area contributed by atoms with Gasteiger partial charge < -0.3 is 5.11 Å². The molecule has 7 heteroatoms. The fraction of sp³-hybridized carbons (Fsp3) is 0.167. The quantitative estimate of drug-likeness (QED) is 0.791. The Labute approximate surface area is 112 Å². The molecule has 0 spiro atoms. The molecule has 3 aromatic rings. The molecule has 0 unspecified atom stereocenters. The standard InChI is InChI=1S/C12H10N4O2S/c1-2-9-13-14-12-16(9)15-10(19-12)7-4-3-5-8(6-7)11(17)18/h3-6H,2H2,1H3,(H,17,18). The lowest BCUT2D eigenvalue weighted by molar-refractivity contribution is 0.0697. The van der Waals surface area contributed by atoms with Crippen LogP contribution in [-0.2, 0) is 6.42 Å². The van der Waals surface area contributed by atoms with E-state index in [1.165, 1.54) is 11.3 Å². The number of aryl methyl sites for hydroxylation is 1. The predicted octanol–water partition coefficient (Wildman–Crippen LogP) is 2.11. The molecule has 0 aliphatic heterocycles. The molecule has 6 nitrogen and oxygen atoms in total. The minimum absolute atomic E-state index is 0.249. The van der Waals surface area contributed by atoms with Crippen LogP contribution in [0.2, 0.25) is 0 Å². The summed E-state index contributed by atoms with van der Waals surface area (Å²) in [5, 5.41) is 22.2. The maximum Gasteiger partial charge on any atom is 0.335 e. The minimum Gasteiger partial charge on any atom is -0.478 e. The van der Waals surface area contributed by atoms with Gasteiger partial charge in [-0.1, -0.05) is 30.4 Å². The third-order valence-corrected chi connectivity index (χ3v) is 3.68. The van der Waals surface area contributed by atoms with Crippen LogP contribution in [-0.4, -0.2) is 30.9 Å². The lowest BCUT2D eigenvalue weighted by Gasteiger charge is -1.97. The van der Waals surface area contributed by atoms with Crippen molar-refractivity contribution >= 4 is 22.3 Å². The van der Waals surface area contributed by atoms with Crippen LogP contribution in [0.15, 0.2) is 24.3 Å². The van der Waals surface area contributed by atoms with E-state index in [0.717, 1.165) is 22.8 Å². The molecule has 1 N–H and O–H groups in total. The first-order chi connectivity index (χ1) is 9.19. The summed E-state index contributed by atoms with van der Waals surface area (Å²) < 4.78 is 1.70. The molecule has 2 heterocycles. The first kappa shape index (κ1) is 11.8. The van der Waals surface area contributed by atoms with Gasteiger partial charge in [-0.05, 0) is 12.1 Å². The molecule has 0 radical (unpaired) electrons. The van der Waals surface area contributed by atoms with Gasteiger partial charge in [-0.15, -0.1) is 10.2 Å². The van der Waals surface area contributed by atoms with Gasteiger partial charge in [-0.25, -0.2) is 4.79 Å². The lowest BCUT2D eigenvalue weighted by atomic mass is 10.1. The van der Waals surface area contributed by atoms with E-state index in [-0.39, 0.29) is 5.56 Å². The molecule has 0 bridgehead atoms. The number of aromatic carboxylic acids is 1. The van der Waals surface area contributed by atoms with Crippen LogP contribution >= 0.6 is 11.3 Å². The highest BCUT2D eigenvalue weighted by Gasteiger charge is 2.13. The molecule has 0 fully saturated rings. The van der Waals surface area contributed by atoms with Crippen molar-refractivity contribution in [3.63, 3.8) is 0 Å². The summed E-state index contributed by atoms with van der Waals surface area (Å²) in [6.07, 6.45) is 0.750. The van der Waals surface area contributed by atoms with Gasteiger partial charge >= 0.3 is 5.97 Å². The largest absolute Gasteiger partial charge is 0.478 e. The Kier molecular flexibility index (Phi) is 2.75. The number of benzene rings is 1. The molecule has 0 saturated carbocycles. The fourth-order valence-corrected chi connectivity index (χ4v) is 2.63. The zero-order valence-electron chi connectivity index (χ0n) is 10.1. The highest BCUT2D eigenvalue weighted by molar-refractivity contribution is 7.19. The zero-order valence-corrected chi connectivity index (χ0v) is 10.9. The van der Waals surface area contributed by atoms with Gasteiger partial charge in [-0.3, -0.25) is 0 Å². The van der Waals surface area contributed by atoms with Gasteiger partial charge in [0.2, 0.25) is 4.96 Å². The van der Waals surface area contributed by atoms with Crippen molar-refractivity contribution < 1.29 is 9.90 Å². The highest BCUT2D eigenvalue weighted by Crippen LogP contribution is 2.26. The maximum absolute atomic E-state index is 11.0. The molecule has 96 valence electrons. The molecule has 0 aliphatic rings. The van der Waals surface area contributed by atoms with Gasteiger partial charge in [0, 0.05) is 12.0 Å². The number of rotatable bonds is 3. The van der Waals surface area contributed by atoms with Crippen LogP contribution in [0.25, 0.3) is 15.5 Å². The van der Waals surface area contributed by atoms with E-state index in [0.29, 0.717) is 4.96 Å². The van der Waals surface area contributed by atoms with Crippen LogP contribution in [0.4, 0.5) is 0 Å². The first-order valence-electron chi connectivity index (χ1n) is 5.74. The molecule has 0 atom stereocenters. The lowest BCUT2D eigenvalue weighted by Crippen LogP contribution is -1.96. The van der Waals surface area contributed by atoms with Crippen molar-refractivity contribution in [2.45, 2.75) is 13.3 Å². The van der Waals surface area contributed by atoms with Gasteiger partial charge in [0.1, 0.15) is 5.01 Å². The summed E-state index contributed by atoms with van der Waals surface area (Å²) in [5.74, 6) is -0.147. The summed E-state index contributed by atoms with van der Waals surface area (Å²) in [4.78, 5) is 11.7. The van der Waals surface area contributed by atoms with E-state index < -0.39 is 5.97 Å². The van der Waals surface area contributed by atoms with E-state index in [2.05, 4.69) is 15.3 Å². The average molecular weight is 274 g/mol. The highest BCUT2D eigenvalue weighted by atomic mass is 32.1. The van der Waals surface area contributed by atoms with E-state index in [1.807, 2.05) is 13.0 Å². The second-order valence-corrected chi connectivity index (χ2v) is 4.91. The van der Waals surface area contributed by atoms with Crippen molar-refractivity contribution in [1.82, 2.24) is 19.8 Å². The van der Waals surface area contributed by atoms with Crippen LogP contribution < -0.4 is 0 Å². The normalized spacial score (nSPS) is 11.0. The van der Waals surface area contributed by atoms with Gasteiger partial charge in [-0.2, -0.15) is 9.61 Å². The average Bonchev–Trinajstić information content (AvgIpc) is 2.98. The number of carboxylic acid groups (broad SMARTS) is 1. The van der Waals surface area contributed by atoms with Crippen molar-refractivity contribution in [3.8, 4) is 10.6 Å². The number of carboxylic acids is 1. The number of aromatic nitrogens is 4. The van der Waals surface area contributed by atoms with Crippen molar-refractivity contribution in [2.24, 2.45) is 0 Å².